The van der Waals surface area contributed by atoms with E-state index in [4.69, 9.17) is 11.6 Å². The van der Waals surface area contributed by atoms with Crippen LogP contribution in [-0.2, 0) is 0 Å². The van der Waals surface area contributed by atoms with Gasteiger partial charge in [0.2, 0.25) is 0 Å². The Hall–Kier alpha value is -0.530. The van der Waals surface area contributed by atoms with Crippen molar-refractivity contribution in [2.45, 2.75) is 59.4 Å². The van der Waals surface area contributed by atoms with E-state index in [-0.39, 0.29) is 0 Å². The van der Waals surface area contributed by atoms with Crippen molar-refractivity contribution in [2.75, 3.05) is 6.54 Å². The molecule has 0 aliphatic heterocycles. The molecule has 1 aromatic rings. The van der Waals surface area contributed by atoms with Crippen LogP contribution in [0, 0.1) is 18.3 Å². The molecule has 0 heterocycles. The first-order chi connectivity index (χ1) is 9.45. The van der Waals surface area contributed by atoms with Crippen molar-refractivity contribution in [3.05, 3.63) is 34.3 Å². The third-order valence-corrected chi connectivity index (χ3v) is 5.38. The van der Waals surface area contributed by atoms with E-state index in [1.807, 2.05) is 0 Å². The van der Waals surface area contributed by atoms with E-state index in [0.29, 0.717) is 17.4 Å². The maximum atomic E-state index is 6.34. The van der Waals surface area contributed by atoms with Gasteiger partial charge in [0.1, 0.15) is 0 Å². The van der Waals surface area contributed by atoms with Gasteiger partial charge in [-0.15, -0.1) is 0 Å². The van der Waals surface area contributed by atoms with Gasteiger partial charge < -0.3 is 5.32 Å². The van der Waals surface area contributed by atoms with E-state index in [0.717, 1.165) is 17.1 Å². The van der Waals surface area contributed by atoms with Gasteiger partial charge >= 0.3 is 0 Å². The lowest BCUT2D eigenvalue weighted by molar-refractivity contribution is 0.0988. The molecule has 0 aromatic heterocycles. The maximum Gasteiger partial charge on any atom is 0.0438 e. The van der Waals surface area contributed by atoms with Crippen LogP contribution in [0.5, 0.6) is 0 Å². The monoisotopic (exact) mass is 293 g/mol. The minimum absolute atomic E-state index is 0.405. The quantitative estimate of drug-likeness (QED) is 0.771. The van der Waals surface area contributed by atoms with Crippen LogP contribution in [0.2, 0.25) is 5.02 Å². The molecular formula is C18H28ClN. The van der Waals surface area contributed by atoms with E-state index in [2.05, 4.69) is 51.2 Å². The molecule has 0 amide bonds. The molecule has 1 nitrogen and oxygen atoms in total. The third-order valence-electron chi connectivity index (χ3n) is 4.97. The molecule has 112 valence electrons. The number of hydrogen-bond donors (Lipinski definition) is 1. The van der Waals surface area contributed by atoms with Gasteiger partial charge in [0.05, 0.1) is 0 Å². The van der Waals surface area contributed by atoms with E-state index in [9.17, 15) is 0 Å². The van der Waals surface area contributed by atoms with Gasteiger partial charge in [-0.1, -0.05) is 57.3 Å². The molecule has 2 atom stereocenters. The predicted molar refractivity (Wildman–Crippen MR) is 88.3 cm³/mol. The first kappa shape index (κ1) is 15.9. The first-order valence-electron chi connectivity index (χ1n) is 7.95. The van der Waals surface area contributed by atoms with E-state index in [1.165, 1.54) is 31.2 Å². The van der Waals surface area contributed by atoms with Crippen LogP contribution in [0.1, 0.15) is 63.6 Å². The van der Waals surface area contributed by atoms with Crippen molar-refractivity contribution in [2.24, 2.45) is 11.3 Å². The van der Waals surface area contributed by atoms with Crippen molar-refractivity contribution >= 4 is 11.6 Å². The summed E-state index contributed by atoms with van der Waals surface area (Å²) in [6, 6.07) is 6.99. The zero-order valence-corrected chi connectivity index (χ0v) is 14.1. The number of benzene rings is 1. The van der Waals surface area contributed by atoms with Gasteiger partial charge in [-0.25, -0.2) is 0 Å². The Morgan fingerprint density at radius 3 is 2.70 bits per heavy atom. The van der Waals surface area contributed by atoms with E-state index < -0.39 is 0 Å². The first-order valence-corrected chi connectivity index (χ1v) is 8.33. The maximum absolute atomic E-state index is 6.34. The largest absolute Gasteiger partial charge is 0.310 e. The van der Waals surface area contributed by atoms with Crippen LogP contribution in [-0.4, -0.2) is 6.54 Å². The highest BCUT2D eigenvalue weighted by atomic mass is 35.5. The van der Waals surface area contributed by atoms with Crippen LogP contribution >= 0.6 is 11.6 Å². The van der Waals surface area contributed by atoms with E-state index in [1.54, 1.807) is 0 Å². The van der Waals surface area contributed by atoms with Crippen molar-refractivity contribution in [3.8, 4) is 0 Å². The predicted octanol–water partition coefficient (Wildman–Crippen LogP) is 5.52. The Bertz CT molecular complexity index is 453. The fraction of sp³-hybridized carbons (Fsp3) is 0.667. The summed E-state index contributed by atoms with van der Waals surface area (Å²) in [7, 11) is 0. The van der Waals surface area contributed by atoms with Crippen LogP contribution in [0.4, 0.5) is 0 Å². The number of halogens is 1. The smallest absolute Gasteiger partial charge is 0.0438 e. The SMILES string of the molecule is CCNC(c1ccc(C)c(Cl)c1)C1CCCCC1(C)C. The lowest BCUT2D eigenvalue weighted by Crippen LogP contribution is -2.39. The second-order valence-corrected chi connectivity index (χ2v) is 7.29. The molecule has 2 unspecified atom stereocenters. The molecule has 0 radical (unpaired) electrons. The normalized spacial score (nSPS) is 23.6. The highest BCUT2D eigenvalue weighted by Gasteiger charge is 2.37. The summed E-state index contributed by atoms with van der Waals surface area (Å²) in [4.78, 5) is 0. The Morgan fingerprint density at radius 1 is 1.35 bits per heavy atom. The Labute approximate surface area is 129 Å². The number of hydrogen-bond acceptors (Lipinski definition) is 1. The van der Waals surface area contributed by atoms with Crippen molar-refractivity contribution in [3.63, 3.8) is 0 Å². The minimum Gasteiger partial charge on any atom is -0.310 e. The number of rotatable bonds is 4. The van der Waals surface area contributed by atoms with Crippen LogP contribution in [0.15, 0.2) is 18.2 Å². The van der Waals surface area contributed by atoms with Crippen molar-refractivity contribution < 1.29 is 0 Å². The summed E-state index contributed by atoms with van der Waals surface area (Å²) in [6.07, 6.45) is 5.38. The van der Waals surface area contributed by atoms with Gasteiger partial charge in [0, 0.05) is 11.1 Å². The summed E-state index contributed by atoms with van der Waals surface area (Å²) < 4.78 is 0. The average Bonchev–Trinajstić information content (AvgIpc) is 2.40. The molecule has 1 aliphatic rings. The summed E-state index contributed by atoms with van der Waals surface area (Å²) in [5, 5.41) is 4.60. The molecule has 1 aliphatic carbocycles. The number of nitrogens with one attached hydrogen (secondary N) is 1. The molecule has 1 N–H and O–H groups in total. The lowest BCUT2D eigenvalue weighted by atomic mass is 9.64. The van der Waals surface area contributed by atoms with Crippen LogP contribution in [0.3, 0.4) is 0 Å². The van der Waals surface area contributed by atoms with E-state index >= 15 is 0 Å². The van der Waals surface area contributed by atoms with Gasteiger partial charge in [0.15, 0.2) is 0 Å². The van der Waals surface area contributed by atoms with Gasteiger partial charge in [0.25, 0.3) is 0 Å². The molecule has 1 aromatic carbocycles. The summed E-state index contributed by atoms with van der Waals surface area (Å²) in [5.74, 6) is 0.690. The lowest BCUT2D eigenvalue weighted by Gasteiger charge is -2.44. The Kier molecular flexibility index (Phi) is 5.14. The summed E-state index contributed by atoms with van der Waals surface area (Å²) in [6.45, 7) is 10.1. The van der Waals surface area contributed by atoms with Crippen molar-refractivity contribution in [1.82, 2.24) is 5.32 Å². The second-order valence-electron chi connectivity index (χ2n) is 6.88. The molecular weight excluding hydrogens is 266 g/mol. The van der Waals surface area contributed by atoms with Gasteiger partial charge in [-0.3, -0.25) is 0 Å². The minimum atomic E-state index is 0.405. The third kappa shape index (κ3) is 3.38. The highest BCUT2D eigenvalue weighted by Crippen LogP contribution is 2.47. The topological polar surface area (TPSA) is 12.0 Å². The molecule has 0 saturated heterocycles. The van der Waals surface area contributed by atoms with Gasteiger partial charge in [-0.2, -0.15) is 0 Å². The van der Waals surface area contributed by atoms with Crippen molar-refractivity contribution in [1.29, 1.82) is 0 Å². The average molecular weight is 294 g/mol. The molecule has 2 rings (SSSR count). The zero-order chi connectivity index (χ0) is 14.8. The molecule has 20 heavy (non-hydrogen) atoms. The second kappa shape index (κ2) is 6.49. The van der Waals surface area contributed by atoms with Crippen LogP contribution in [0.25, 0.3) is 0 Å². The fourth-order valence-corrected chi connectivity index (χ4v) is 3.84. The fourth-order valence-electron chi connectivity index (χ4n) is 3.65. The number of aryl methyl sites for hydroxylation is 1. The van der Waals surface area contributed by atoms with Crippen LogP contribution < -0.4 is 5.32 Å². The molecule has 1 fully saturated rings. The molecule has 1 saturated carbocycles. The zero-order valence-electron chi connectivity index (χ0n) is 13.3. The highest BCUT2D eigenvalue weighted by molar-refractivity contribution is 6.31. The van der Waals surface area contributed by atoms with Gasteiger partial charge in [-0.05, 0) is 54.8 Å². The molecule has 2 heteroatoms. The molecule has 0 spiro atoms. The summed E-state index contributed by atoms with van der Waals surface area (Å²) in [5.41, 5.74) is 2.92. The molecule has 0 bridgehead atoms. The Morgan fingerprint density at radius 2 is 2.10 bits per heavy atom. The standard InChI is InChI=1S/C18H28ClN/c1-5-20-17(14-10-9-13(2)16(19)12-14)15-8-6-7-11-18(15,3)4/h9-10,12,15,17,20H,5-8,11H2,1-4H3. The Balaban J connectivity index is 2.32. The summed E-state index contributed by atoms with van der Waals surface area (Å²) >= 11 is 6.34.